The molecule has 0 aromatic heterocycles. The molecule has 1 N–H and O–H groups in total. The van der Waals surface area contributed by atoms with Gasteiger partial charge in [-0.15, -0.1) is 0 Å². The highest BCUT2D eigenvalue weighted by atomic mass is 16.6. The summed E-state index contributed by atoms with van der Waals surface area (Å²) in [4.78, 5) is 23.5. The van der Waals surface area contributed by atoms with Crippen molar-refractivity contribution < 1.29 is 19.4 Å². The fourth-order valence-electron chi connectivity index (χ4n) is 1.54. The number of cyclic esters (lactones) is 1. The number of unbranched alkanes of at least 4 members (excludes halogenated alkanes) is 2. The average molecular weight is 215 g/mol. The van der Waals surface area contributed by atoms with Crippen LogP contribution in [0.2, 0.25) is 0 Å². The fourth-order valence-corrected chi connectivity index (χ4v) is 1.54. The van der Waals surface area contributed by atoms with Gasteiger partial charge in [-0.25, -0.2) is 4.79 Å². The van der Waals surface area contributed by atoms with Crippen LogP contribution in [-0.2, 0) is 9.53 Å². The summed E-state index contributed by atoms with van der Waals surface area (Å²) < 4.78 is 4.80. The van der Waals surface area contributed by atoms with E-state index in [-0.39, 0.29) is 19.2 Å². The molecular weight excluding hydrogens is 198 g/mol. The van der Waals surface area contributed by atoms with Crippen LogP contribution in [0, 0.1) is 5.92 Å². The SMILES string of the molecule is CCCCCN1CC(C(=O)O)COC1=O. The first-order valence-corrected chi connectivity index (χ1v) is 5.29. The van der Waals surface area contributed by atoms with E-state index < -0.39 is 11.9 Å². The molecule has 0 bridgehead atoms. The number of carboxylic acids is 1. The minimum Gasteiger partial charge on any atom is -0.481 e. The molecule has 86 valence electrons. The van der Waals surface area contributed by atoms with E-state index in [1.165, 1.54) is 4.90 Å². The summed E-state index contributed by atoms with van der Waals surface area (Å²) in [6.45, 7) is 2.95. The van der Waals surface area contributed by atoms with Gasteiger partial charge in [-0.05, 0) is 6.42 Å². The Kier molecular flexibility index (Phi) is 4.39. The third-order valence-corrected chi connectivity index (χ3v) is 2.49. The van der Waals surface area contributed by atoms with E-state index >= 15 is 0 Å². The zero-order valence-corrected chi connectivity index (χ0v) is 8.94. The zero-order chi connectivity index (χ0) is 11.3. The van der Waals surface area contributed by atoms with Crippen LogP contribution in [-0.4, -0.2) is 41.8 Å². The van der Waals surface area contributed by atoms with Gasteiger partial charge in [0.1, 0.15) is 12.5 Å². The highest BCUT2D eigenvalue weighted by Crippen LogP contribution is 2.12. The van der Waals surface area contributed by atoms with E-state index in [2.05, 4.69) is 6.92 Å². The predicted molar refractivity (Wildman–Crippen MR) is 53.6 cm³/mol. The van der Waals surface area contributed by atoms with Gasteiger partial charge in [0, 0.05) is 13.1 Å². The Morgan fingerprint density at radius 2 is 2.33 bits per heavy atom. The van der Waals surface area contributed by atoms with Crippen molar-refractivity contribution in [2.45, 2.75) is 26.2 Å². The van der Waals surface area contributed by atoms with E-state index in [9.17, 15) is 9.59 Å². The van der Waals surface area contributed by atoms with Crippen LogP contribution in [0.3, 0.4) is 0 Å². The minimum absolute atomic E-state index is 0.00154. The lowest BCUT2D eigenvalue weighted by Crippen LogP contribution is -2.46. The van der Waals surface area contributed by atoms with Gasteiger partial charge in [0.05, 0.1) is 0 Å². The first-order valence-electron chi connectivity index (χ1n) is 5.29. The maximum absolute atomic E-state index is 11.3. The van der Waals surface area contributed by atoms with E-state index in [0.29, 0.717) is 6.54 Å². The molecule has 0 saturated carbocycles. The molecule has 5 heteroatoms. The molecule has 0 spiro atoms. The van der Waals surface area contributed by atoms with Gasteiger partial charge in [0.15, 0.2) is 0 Å². The lowest BCUT2D eigenvalue weighted by Gasteiger charge is -2.30. The van der Waals surface area contributed by atoms with Crippen molar-refractivity contribution in [2.24, 2.45) is 5.92 Å². The van der Waals surface area contributed by atoms with Gasteiger partial charge in [0.2, 0.25) is 0 Å². The highest BCUT2D eigenvalue weighted by molar-refractivity contribution is 5.75. The Hall–Kier alpha value is -1.26. The monoisotopic (exact) mass is 215 g/mol. The second-order valence-corrected chi connectivity index (χ2v) is 3.77. The molecule has 0 aliphatic carbocycles. The lowest BCUT2D eigenvalue weighted by atomic mass is 10.1. The molecule has 1 amide bonds. The third kappa shape index (κ3) is 3.42. The lowest BCUT2D eigenvalue weighted by molar-refractivity contribution is -0.145. The van der Waals surface area contributed by atoms with Gasteiger partial charge in [-0.3, -0.25) is 4.79 Å². The van der Waals surface area contributed by atoms with Gasteiger partial charge >= 0.3 is 12.1 Å². The summed E-state index contributed by atoms with van der Waals surface area (Å²) >= 11 is 0. The Balaban J connectivity index is 2.39. The Bertz CT molecular complexity index is 242. The number of amides is 1. The fraction of sp³-hybridized carbons (Fsp3) is 0.800. The first kappa shape index (κ1) is 11.8. The molecule has 1 rings (SSSR count). The number of rotatable bonds is 5. The average Bonchev–Trinajstić information content (AvgIpc) is 2.20. The highest BCUT2D eigenvalue weighted by Gasteiger charge is 2.30. The second-order valence-electron chi connectivity index (χ2n) is 3.77. The van der Waals surface area contributed by atoms with E-state index in [4.69, 9.17) is 9.84 Å². The van der Waals surface area contributed by atoms with Gasteiger partial charge in [-0.2, -0.15) is 0 Å². The molecule has 1 atom stereocenters. The molecule has 1 fully saturated rings. The quantitative estimate of drug-likeness (QED) is 0.702. The molecule has 1 saturated heterocycles. The van der Waals surface area contributed by atoms with Crippen LogP contribution in [0.1, 0.15) is 26.2 Å². The third-order valence-electron chi connectivity index (χ3n) is 2.49. The van der Waals surface area contributed by atoms with Gasteiger partial charge < -0.3 is 14.7 Å². The summed E-state index contributed by atoms with van der Waals surface area (Å²) in [5, 5.41) is 8.80. The number of hydrogen-bond donors (Lipinski definition) is 1. The van der Waals surface area contributed by atoms with Gasteiger partial charge in [0.25, 0.3) is 0 Å². The van der Waals surface area contributed by atoms with E-state index in [1.54, 1.807) is 0 Å². The summed E-state index contributed by atoms with van der Waals surface area (Å²) in [5.41, 5.74) is 0. The van der Waals surface area contributed by atoms with Crippen molar-refractivity contribution in [3.05, 3.63) is 0 Å². The number of carbonyl (C=O) groups is 2. The van der Waals surface area contributed by atoms with Crippen LogP contribution < -0.4 is 0 Å². The molecule has 0 aromatic carbocycles. The Morgan fingerprint density at radius 3 is 2.93 bits per heavy atom. The standard InChI is InChI=1S/C10H17NO4/c1-2-3-4-5-11-6-8(9(12)13)7-15-10(11)14/h8H,2-7H2,1H3,(H,12,13). The summed E-state index contributed by atoms with van der Waals surface area (Å²) in [6, 6.07) is 0. The molecule has 1 unspecified atom stereocenters. The van der Waals surface area contributed by atoms with Crippen molar-refractivity contribution in [3.63, 3.8) is 0 Å². The molecule has 1 aliphatic rings. The van der Waals surface area contributed by atoms with Gasteiger partial charge in [-0.1, -0.05) is 19.8 Å². The summed E-state index contributed by atoms with van der Waals surface area (Å²) in [6.07, 6.45) is 2.63. The van der Waals surface area contributed by atoms with Crippen molar-refractivity contribution in [1.29, 1.82) is 0 Å². The smallest absolute Gasteiger partial charge is 0.409 e. The van der Waals surface area contributed by atoms with E-state index in [1.807, 2.05) is 0 Å². The number of ether oxygens (including phenoxy) is 1. The largest absolute Gasteiger partial charge is 0.481 e. The van der Waals surface area contributed by atoms with Crippen LogP contribution in [0.5, 0.6) is 0 Å². The predicted octanol–water partition coefficient (Wildman–Crippen LogP) is 1.33. The Morgan fingerprint density at radius 1 is 1.60 bits per heavy atom. The normalized spacial score (nSPS) is 21.3. The maximum Gasteiger partial charge on any atom is 0.409 e. The number of hydrogen-bond acceptors (Lipinski definition) is 3. The van der Waals surface area contributed by atoms with Crippen molar-refractivity contribution >= 4 is 12.1 Å². The molecule has 0 aromatic rings. The molecule has 0 radical (unpaired) electrons. The molecular formula is C10H17NO4. The molecule has 1 aliphatic heterocycles. The van der Waals surface area contributed by atoms with Crippen molar-refractivity contribution in [3.8, 4) is 0 Å². The summed E-state index contributed by atoms with van der Waals surface area (Å²) in [5.74, 6) is -1.48. The van der Waals surface area contributed by atoms with Crippen LogP contribution in [0.25, 0.3) is 0 Å². The van der Waals surface area contributed by atoms with Crippen molar-refractivity contribution in [2.75, 3.05) is 19.7 Å². The molecule has 5 nitrogen and oxygen atoms in total. The second kappa shape index (κ2) is 5.58. The van der Waals surface area contributed by atoms with Crippen LogP contribution >= 0.6 is 0 Å². The molecule has 1 heterocycles. The molecule has 15 heavy (non-hydrogen) atoms. The van der Waals surface area contributed by atoms with Crippen LogP contribution in [0.4, 0.5) is 4.79 Å². The van der Waals surface area contributed by atoms with Crippen molar-refractivity contribution in [1.82, 2.24) is 4.90 Å². The number of aliphatic carboxylic acids is 1. The van der Waals surface area contributed by atoms with Crippen LogP contribution in [0.15, 0.2) is 0 Å². The zero-order valence-electron chi connectivity index (χ0n) is 8.94. The van der Waals surface area contributed by atoms with E-state index in [0.717, 1.165) is 19.3 Å². The Labute approximate surface area is 89.0 Å². The minimum atomic E-state index is -0.900. The number of carboxylic acid groups (broad SMARTS) is 1. The topological polar surface area (TPSA) is 66.8 Å². The first-order chi connectivity index (χ1) is 7.15. The number of nitrogens with zero attached hydrogens (tertiary/aromatic N) is 1. The maximum atomic E-state index is 11.3. The summed E-state index contributed by atoms with van der Waals surface area (Å²) in [7, 11) is 0. The number of carbonyl (C=O) groups excluding carboxylic acids is 1.